The molecule has 1 N–H and O–H groups in total. The molecule has 15 heavy (non-hydrogen) atoms. The number of rotatable bonds is 4. The molecule has 0 aliphatic carbocycles. The van der Waals surface area contributed by atoms with Crippen molar-refractivity contribution < 1.29 is 4.39 Å². The van der Waals surface area contributed by atoms with Crippen molar-refractivity contribution in [3.8, 4) is 0 Å². The molecule has 2 rings (SSSR count). The first-order chi connectivity index (χ1) is 7.36. The van der Waals surface area contributed by atoms with Crippen molar-refractivity contribution >= 4 is 11.8 Å². The zero-order valence-electron chi connectivity index (χ0n) is 8.71. The van der Waals surface area contributed by atoms with E-state index < -0.39 is 0 Å². The van der Waals surface area contributed by atoms with Gasteiger partial charge >= 0.3 is 0 Å². The average Bonchev–Trinajstić information content (AvgIpc) is 2.74. The van der Waals surface area contributed by atoms with E-state index in [1.165, 1.54) is 24.0 Å². The lowest BCUT2D eigenvalue weighted by atomic mass is 10.1. The second-order valence-corrected chi connectivity index (χ2v) is 5.01. The quantitative estimate of drug-likeness (QED) is 0.845. The van der Waals surface area contributed by atoms with Crippen molar-refractivity contribution in [1.29, 1.82) is 0 Å². The maximum Gasteiger partial charge on any atom is 0.126 e. The van der Waals surface area contributed by atoms with E-state index in [1.54, 1.807) is 6.07 Å². The summed E-state index contributed by atoms with van der Waals surface area (Å²) in [6, 6.07) is 7.66. The molecule has 0 bridgehead atoms. The van der Waals surface area contributed by atoms with Gasteiger partial charge in [-0.15, -0.1) is 0 Å². The molecule has 1 aliphatic heterocycles. The van der Waals surface area contributed by atoms with Crippen molar-refractivity contribution in [1.82, 2.24) is 5.32 Å². The summed E-state index contributed by atoms with van der Waals surface area (Å²) in [6.07, 6.45) is 2.04. The van der Waals surface area contributed by atoms with Crippen LogP contribution >= 0.6 is 11.8 Å². The molecule has 1 saturated heterocycles. The van der Waals surface area contributed by atoms with Gasteiger partial charge in [0.25, 0.3) is 0 Å². The Balaban J connectivity index is 1.75. The Morgan fingerprint density at radius 3 is 3.00 bits per heavy atom. The summed E-state index contributed by atoms with van der Waals surface area (Å²) < 4.78 is 13.3. The van der Waals surface area contributed by atoms with Gasteiger partial charge in [-0.2, -0.15) is 11.8 Å². The SMILES string of the molecule is Fc1ccccc1CCNC1CCSC1. The van der Waals surface area contributed by atoms with Gasteiger partial charge < -0.3 is 5.32 Å². The Kier molecular flexibility index (Phi) is 4.03. The van der Waals surface area contributed by atoms with E-state index in [2.05, 4.69) is 5.32 Å². The monoisotopic (exact) mass is 225 g/mol. The molecular formula is C12H16FNS. The van der Waals surface area contributed by atoms with Crippen LogP contribution in [-0.2, 0) is 6.42 Å². The van der Waals surface area contributed by atoms with Gasteiger partial charge in [-0.3, -0.25) is 0 Å². The highest BCUT2D eigenvalue weighted by Gasteiger charge is 2.14. The topological polar surface area (TPSA) is 12.0 Å². The van der Waals surface area contributed by atoms with Crippen molar-refractivity contribution in [3.05, 3.63) is 35.6 Å². The standard InChI is InChI=1S/C12H16FNS/c13-12-4-2-1-3-10(12)5-7-14-11-6-8-15-9-11/h1-4,11,14H,5-9H2. The highest BCUT2D eigenvalue weighted by molar-refractivity contribution is 7.99. The molecule has 3 heteroatoms. The third-order valence-corrected chi connectivity index (χ3v) is 3.88. The van der Waals surface area contributed by atoms with E-state index in [-0.39, 0.29) is 5.82 Å². The molecule has 1 atom stereocenters. The summed E-state index contributed by atoms with van der Waals surface area (Å²) in [5.41, 5.74) is 0.815. The number of hydrogen-bond acceptors (Lipinski definition) is 2. The summed E-state index contributed by atoms with van der Waals surface area (Å²) in [5, 5.41) is 3.47. The van der Waals surface area contributed by atoms with Crippen molar-refractivity contribution in [2.45, 2.75) is 18.9 Å². The van der Waals surface area contributed by atoms with Crippen molar-refractivity contribution in [3.63, 3.8) is 0 Å². The minimum Gasteiger partial charge on any atom is -0.313 e. The lowest BCUT2D eigenvalue weighted by molar-refractivity contribution is 0.548. The Morgan fingerprint density at radius 1 is 1.40 bits per heavy atom. The zero-order valence-corrected chi connectivity index (χ0v) is 9.52. The summed E-state index contributed by atoms with van der Waals surface area (Å²) in [5.74, 6) is 2.38. The number of benzene rings is 1. The van der Waals surface area contributed by atoms with Gasteiger partial charge in [0, 0.05) is 11.8 Å². The molecule has 0 spiro atoms. The molecule has 0 aromatic heterocycles. The number of hydrogen-bond donors (Lipinski definition) is 1. The predicted molar refractivity (Wildman–Crippen MR) is 63.8 cm³/mol. The lowest BCUT2D eigenvalue weighted by Gasteiger charge is -2.10. The average molecular weight is 225 g/mol. The Hall–Kier alpha value is -0.540. The van der Waals surface area contributed by atoms with E-state index in [4.69, 9.17) is 0 Å². The third-order valence-electron chi connectivity index (χ3n) is 2.71. The van der Waals surface area contributed by atoms with Gasteiger partial charge in [0.2, 0.25) is 0 Å². The van der Waals surface area contributed by atoms with Crippen LogP contribution in [0, 0.1) is 5.82 Å². The Morgan fingerprint density at radius 2 is 2.27 bits per heavy atom. The van der Waals surface area contributed by atoms with Crippen LogP contribution in [-0.4, -0.2) is 24.1 Å². The predicted octanol–water partition coefficient (Wildman–Crippen LogP) is 2.46. The maximum absolute atomic E-state index is 13.3. The van der Waals surface area contributed by atoms with E-state index in [0.717, 1.165) is 18.5 Å². The molecule has 1 aromatic rings. The van der Waals surface area contributed by atoms with Crippen LogP contribution in [0.2, 0.25) is 0 Å². The second-order valence-electron chi connectivity index (χ2n) is 3.86. The largest absolute Gasteiger partial charge is 0.313 e. The normalized spacial score (nSPS) is 20.7. The van der Waals surface area contributed by atoms with Gasteiger partial charge in [-0.1, -0.05) is 18.2 Å². The first-order valence-electron chi connectivity index (χ1n) is 5.41. The highest BCUT2D eigenvalue weighted by Crippen LogP contribution is 2.17. The molecule has 1 nitrogen and oxygen atoms in total. The molecule has 0 saturated carbocycles. The van der Waals surface area contributed by atoms with Gasteiger partial charge in [-0.05, 0) is 36.8 Å². The molecule has 1 aliphatic rings. The van der Waals surface area contributed by atoms with E-state index in [0.29, 0.717) is 6.04 Å². The lowest BCUT2D eigenvalue weighted by Crippen LogP contribution is -2.30. The summed E-state index contributed by atoms with van der Waals surface area (Å²) in [7, 11) is 0. The van der Waals surface area contributed by atoms with E-state index in [9.17, 15) is 4.39 Å². The van der Waals surface area contributed by atoms with Gasteiger partial charge in [0.1, 0.15) is 5.82 Å². The summed E-state index contributed by atoms with van der Waals surface area (Å²) in [6.45, 7) is 0.881. The highest BCUT2D eigenvalue weighted by atomic mass is 32.2. The van der Waals surface area contributed by atoms with Crippen LogP contribution in [0.4, 0.5) is 4.39 Å². The molecule has 0 amide bonds. The minimum absolute atomic E-state index is 0.0832. The number of nitrogens with one attached hydrogen (secondary N) is 1. The fourth-order valence-corrected chi connectivity index (χ4v) is 2.99. The smallest absolute Gasteiger partial charge is 0.126 e. The van der Waals surface area contributed by atoms with Gasteiger partial charge in [0.05, 0.1) is 0 Å². The first-order valence-corrected chi connectivity index (χ1v) is 6.56. The molecule has 1 unspecified atom stereocenters. The zero-order chi connectivity index (χ0) is 10.5. The van der Waals surface area contributed by atoms with E-state index in [1.807, 2.05) is 23.9 Å². The van der Waals surface area contributed by atoms with Crippen LogP contribution < -0.4 is 5.32 Å². The van der Waals surface area contributed by atoms with Gasteiger partial charge in [0.15, 0.2) is 0 Å². The van der Waals surface area contributed by atoms with Gasteiger partial charge in [-0.25, -0.2) is 4.39 Å². The van der Waals surface area contributed by atoms with E-state index >= 15 is 0 Å². The molecule has 1 fully saturated rings. The molecule has 1 aromatic carbocycles. The second kappa shape index (κ2) is 5.52. The van der Waals surface area contributed by atoms with Crippen molar-refractivity contribution in [2.24, 2.45) is 0 Å². The molecule has 0 radical (unpaired) electrons. The van der Waals surface area contributed by atoms with Crippen LogP contribution in [0.5, 0.6) is 0 Å². The molecule has 82 valence electrons. The number of thioether (sulfide) groups is 1. The summed E-state index contributed by atoms with van der Waals surface area (Å²) in [4.78, 5) is 0. The van der Waals surface area contributed by atoms with Crippen LogP contribution in [0.3, 0.4) is 0 Å². The van der Waals surface area contributed by atoms with Crippen molar-refractivity contribution in [2.75, 3.05) is 18.1 Å². The fourth-order valence-electron chi connectivity index (χ4n) is 1.81. The Bertz CT molecular complexity index is 310. The molecule has 1 heterocycles. The first kappa shape index (κ1) is 11.0. The summed E-state index contributed by atoms with van der Waals surface area (Å²) >= 11 is 2.00. The third kappa shape index (κ3) is 3.21. The van der Waals surface area contributed by atoms with Crippen LogP contribution in [0.1, 0.15) is 12.0 Å². The molecular weight excluding hydrogens is 209 g/mol. The fraction of sp³-hybridized carbons (Fsp3) is 0.500. The van der Waals surface area contributed by atoms with Crippen LogP contribution in [0.25, 0.3) is 0 Å². The Labute approximate surface area is 94.5 Å². The van der Waals surface area contributed by atoms with Crippen LogP contribution in [0.15, 0.2) is 24.3 Å². The maximum atomic E-state index is 13.3. The minimum atomic E-state index is -0.0832. The number of halogens is 1.